The summed E-state index contributed by atoms with van der Waals surface area (Å²) in [5.74, 6) is 1.74. The predicted octanol–water partition coefficient (Wildman–Crippen LogP) is 6.21. The minimum Gasteiger partial charge on any atom is -0.329 e. The van der Waals surface area contributed by atoms with Gasteiger partial charge in [0.25, 0.3) is 0 Å². The van der Waals surface area contributed by atoms with Crippen molar-refractivity contribution in [2.24, 2.45) is 0 Å². The van der Waals surface area contributed by atoms with Crippen molar-refractivity contribution in [2.75, 3.05) is 0 Å². The number of imidazole rings is 2. The molecule has 2 heterocycles. The number of carbonyl (C=O) groups excluding carboxylic acids is 1. The predicted molar refractivity (Wildman–Crippen MR) is 125 cm³/mol. The summed E-state index contributed by atoms with van der Waals surface area (Å²) in [6, 6.07) is 0.830. The molecule has 160 valence electrons. The lowest BCUT2D eigenvalue weighted by Gasteiger charge is -2.13. The lowest BCUT2D eigenvalue weighted by molar-refractivity contribution is -0.110. The van der Waals surface area contributed by atoms with E-state index in [1.807, 2.05) is 49.1 Å². The SMILES string of the molecule is CCCC(C)n1ccnc1/C=C/C=C/C(=O)/C=C/C=C/c1nccn1C(C)CCC. The van der Waals surface area contributed by atoms with E-state index in [9.17, 15) is 4.79 Å². The first-order valence-electron chi connectivity index (χ1n) is 10.9. The molecule has 0 fully saturated rings. The monoisotopic (exact) mass is 406 g/mol. The molecule has 30 heavy (non-hydrogen) atoms. The molecule has 0 N–H and O–H groups in total. The van der Waals surface area contributed by atoms with E-state index in [4.69, 9.17) is 0 Å². The quantitative estimate of drug-likeness (QED) is 0.311. The zero-order valence-electron chi connectivity index (χ0n) is 18.6. The van der Waals surface area contributed by atoms with Crippen molar-refractivity contribution in [1.29, 1.82) is 0 Å². The van der Waals surface area contributed by atoms with Crippen LogP contribution < -0.4 is 0 Å². The summed E-state index contributed by atoms with van der Waals surface area (Å²) in [4.78, 5) is 20.8. The van der Waals surface area contributed by atoms with Crippen molar-refractivity contribution >= 4 is 17.9 Å². The molecule has 0 aliphatic carbocycles. The third-order valence-corrected chi connectivity index (χ3v) is 4.99. The normalized spacial score (nSPS) is 14.5. The lowest BCUT2D eigenvalue weighted by atomic mass is 10.2. The maximum absolute atomic E-state index is 12.0. The topological polar surface area (TPSA) is 52.7 Å². The molecule has 2 atom stereocenters. The van der Waals surface area contributed by atoms with Crippen molar-refractivity contribution < 1.29 is 4.79 Å². The molecule has 0 aliphatic heterocycles. The summed E-state index contributed by atoms with van der Waals surface area (Å²) in [7, 11) is 0. The van der Waals surface area contributed by atoms with Crippen molar-refractivity contribution in [1.82, 2.24) is 19.1 Å². The number of hydrogen-bond acceptors (Lipinski definition) is 3. The smallest absolute Gasteiger partial charge is 0.178 e. The summed E-state index contributed by atoms with van der Waals surface area (Å²) < 4.78 is 4.32. The highest BCUT2D eigenvalue weighted by atomic mass is 16.1. The Labute approximate surface area is 180 Å². The first-order valence-corrected chi connectivity index (χ1v) is 10.9. The number of aromatic nitrogens is 4. The van der Waals surface area contributed by atoms with Crippen LogP contribution in [0.1, 0.15) is 77.1 Å². The van der Waals surface area contributed by atoms with Crippen molar-refractivity contribution in [3.63, 3.8) is 0 Å². The fraction of sp³-hybridized carbons (Fsp3) is 0.400. The third-order valence-electron chi connectivity index (χ3n) is 4.99. The Balaban J connectivity index is 1.88. The highest BCUT2D eigenvalue weighted by Crippen LogP contribution is 2.16. The van der Waals surface area contributed by atoms with E-state index in [-0.39, 0.29) is 5.78 Å². The average molecular weight is 407 g/mol. The highest BCUT2D eigenvalue weighted by Gasteiger charge is 2.07. The number of rotatable bonds is 12. The van der Waals surface area contributed by atoms with Crippen LogP contribution in [0.5, 0.6) is 0 Å². The van der Waals surface area contributed by atoms with E-state index in [1.54, 1.807) is 24.3 Å². The Morgan fingerprint density at radius 1 is 0.833 bits per heavy atom. The largest absolute Gasteiger partial charge is 0.329 e. The van der Waals surface area contributed by atoms with Gasteiger partial charge in [-0.15, -0.1) is 0 Å². The van der Waals surface area contributed by atoms with Crippen LogP contribution in [0.4, 0.5) is 0 Å². The number of ketones is 1. The molecular weight excluding hydrogens is 372 g/mol. The van der Waals surface area contributed by atoms with Crippen molar-refractivity contribution in [3.8, 4) is 0 Å². The Morgan fingerprint density at radius 3 is 1.67 bits per heavy atom. The highest BCUT2D eigenvalue weighted by molar-refractivity contribution is 5.99. The first kappa shape index (κ1) is 23.3. The summed E-state index contributed by atoms with van der Waals surface area (Å²) in [6.45, 7) is 8.75. The maximum Gasteiger partial charge on any atom is 0.178 e. The minimum atomic E-state index is -0.0605. The molecule has 2 aromatic rings. The minimum absolute atomic E-state index is 0.0605. The molecule has 5 heteroatoms. The van der Waals surface area contributed by atoms with Gasteiger partial charge in [-0.1, -0.05) is 51.0 Å². The second kappa shape index (κ2) is 12.6. The summed E-state index contributed by atoms with van der Waals surface area (Å²) in [5.41, 5.74) is 0. The van der Waals surface area contributed by atoms with Gasteiger partial charge in [0.15, 0.2) is 5.78 Å². The van der Waals surface area contributed by atoms with Crippen molar-refractivity contribution in [3.05, 3.63) is 72.9 Å². The van der Waals surface area contributed by atoms with E-state index in [0.29, 0.717) is 12.1 Å². The molecule has 2 unspecified atom stereocenters. The Morgan fingerprint density at radius 2 is 1.27 bits per heavy atom. The van der Waals surface area contributed by atoms with Crippen LogP contribution in [0.25, 0.3) is 12.2 Å². The van der Waals surface area contributed by atoms with Crippen LogP contribution in [-0.2, 0) is 4.79 Å². The third kappa shape index (κ3) is 7.14. The molecule has 0 aliphatic rings. The molecule has 5 nitrogen and oxygen atoms in total. The molecule has 2 rings (SSSR count). The van der Waals surface area contributed by atoms with Gasteiger partial charge in [0, 0.05) is 36.9 Å². The zero-order chi connectivity index (χ0) is 21.8. The molecule has 0 aromatic carbocycles. The van der Waals surface area contributed by atoms with Crippen molar-refractivity contribution in [2.45, 2.75) is 65.5 Å². The van der Waals surface area contributed by atoms with Crippen LogP contribution >= 0.6 is 0 Å². The maximum atomic E-state index is 12.0. The van der Waals surface area contributed by atoms with E-state index >= 15 is 0 Å². The molecule has 2 aromatic heterocycles. The van der Waals surface area contributed by atoms with Gasteiger partial charge in [0.1, 0.15) is 11.6 Å². The van der Waals surface area contributed by atoms with Gasteiger partial charge < -0.3 is 9.13 Å². The zero-order valence-corrected chi connectivity index (χ0v) is 18.6. The van der Waals surface area contributed by atoms with E-state index in [2.05, 4.69) is 46.8 Å². The molecule has 0 saturated heterocycles. The van der Waals surface area contributed by atoms with Crippen LogP contribution in [0.2, 0.25) is 0 Å². The fourth-order valence-corrected chi connectivity index (χ4v) is 3.41. The summed E-state index contributed by atoms with van der Waals surface area (Å²) >= 11 is 0. The standard InChI is InChI=1S/C25H34N4O/c1-5-11-21(3)28-19-17-26-24(28)15-9-7-13-23(30)14-8-10-16-25-27-18-20-29(25)22(4)12-6-2/h7-10,13-22H,5-6,11-12H2,1-4H3/b13-7+,14-8+,15-9+,16-10+. The summed E-state index contributed by atoms with van der Waals surface area (Å²) in [5, 5.41) is 0. The molecule has 0 bridgehead atoms. The number of allylic oxidation sites excluding steroid dienone is 6. The fourth-order valence-electron chi connectivity index (χ4n) is 3.41. The van der Waals surface area contributed by atoms with E-state index in [1.165, 1.54) is 0 Å². The second-order valence-electron chi connectivity index (χ2n) is 7.50. The molecule has 0 spiro atoms. The van der Waals surface area contributed by atoms with Gasteiger partial charge in [0.05, 0.1) is 0 Å². The van der Waals surface area contributed by atoms with E-state index in [0.717, 1.165) is 37.3 Å². The first-order chi connectivity index (χ1) is 14.6. The molecular formula is C25H34N4O. The van der Waals surface area contributed by atoms with Gasteiger partial charge >= 0.3 is 0 Å². The lowest BCUT2D eigenvalue weighted by Crippen LogP contribution is -2.05. The van der Waals surface area contributed by atoms with Crippen LogP contribution in [0, 0.1) is 0 Å². The number of carbonyl (C=O) groups is 1. The number of hydrogen-bond donors (Lipinski definition) is 0. The van der Waals surface area contributed by atoms with Crippen LogP contribution in [0.3, 0.4) is 0 Å². The van der Waals surface area contributed by atoms with Crippen LogP contribution in [-0.4, -0.2) is 24.9 Å². The van der Waals surface area contributed by atoms with Gasteiger partial charge in [-0.2, -0.15) is 0 Å². The second-order valence-corrected chi connectivity index (χ2v) is 7.50. The van der Waals surface area contributed by atoms with Gasteiger partial charge in [0.2, 0.25) is 0 Å². The van der Waals surface area contributed by atoms with Gasteiger partial charge in [-0.3, -0.25) is 4.79 Å². The van der Waals surface area contributed by atoms with Crippen LogP contribution in [0.15, 0.2) is 61.2 Å². The van der Waals surface area contributed by atoms with Gasteiger partial charge in [-0.05, 0) is 51.0 Å². The van der Waals surface area contributed by atoms with E-state index < -0.39 is 0 Å². The summed E-state index contributed by atoms with van der Waals surface area (Å²) in [6.07, 6.45) is 26.3. The Hall–Kier alpha value is -2.95. The Bertz CT molecular complexity index is 826. The average Bonchev–Trinajstić information content (AvgIpc) is 3.38. The number of nitrogens with zero attached hydrogens (tertiary/aromatic N) is 4. The molecule has 0 saturated carbocycles. The molecule has 0 amide bonds. The molecule has 0 radical (unpaired) electrons. The Kier molecular flexibility index (Phi) is 9.78. The van der Waals surface area contributed by atoms with Gasteiger partial charge in [-0.25, -0.2) is 9.97 Å².